The van der Waals surface area contributed by atoms with Crippen molar-refractivity contribution < 1.29 is 14.5 Å². The molecule has 36 heavy (non-hydrogen) atoms. The Morgan fingerprint density at radius 2 is 1.61 bits per heavy atom. The van der Waals surface area contributed by atoms with E-state index < -0.39 is 16.7 Å². The van der Waals surface area contributed by atoms with E-state index in [4.69, 9.17) is 0 Å². The Bertz CT molecular complexity index is 1640. The van der Waals surface area contributed by atoms with Crippen LogP contribution >= 0.6 is 15.9 Å². The van der Waals surface area contributed by atoms with Crippen LogP contribution in [0.3, 0.4) is 0 Å². The number of aryl methyl sites for hydroxylation is 2. The number of carbonyl (C=O) groups excluding carboxylic acids is 2. The number of amides is 2. The lowest BCUT2D eigenvalue weighted by atomic mass is 9.91. The van der Waals surface area contributed by atoms with Crippen molar-refractivity contribution in [3.05, 3.63) is 103 Å². The van der Waals surface area contributed by atoms with Crippen LogP contribution in [-0.4, -0.2) is 16.7 Å². The minimum absolute atomic E-state index is 0.127. The number of halogens is 1. The van der Waals surface area contributed by atoms with E-state index in [0.717, 1.165) is 31.6 Å². The van der Waals surface area contributed by atoms with Crippen molar-refractivity contribution in [2.45, 2.75) is 27.7 Å². The van der Waals surface area contributed by atoms with Crippen LogP contribution < -0.4 is 10.2 Å². The molecule has 0 saturated heterocycles. The number of carbonyl (C=O) groups is 2. The first-order valence-electron chi connectivity index (χ1n) is 11.3. The molecule has 0 saturated carbocycles. The molecule has 0 fully saturated rings. The first-order chi connectivity index (χ1) is 17.1. The highest BCUT2D eigenvalue weighted by Gasteiger charge is 2.37. The molecule has 0 spiro atoms. The molecule has 0 aliphatic carbocycles. The topological polar surface area (TPSA) is 92.6 Å². The molecule has 4 aromatic rings. The number of nitro groups is 1. The summed E-state index contributed by atoms with van der Waals surface area (Å²) in [6.07, 6.45) is 0. The van der Waals surface area contributed by atoms with Gasteiger partial charge in [0.2, 0.25) is 0 Å². The lowest BCUT2D eigenvalue weighted by molar-refractivity contribution is -0.383. The molecule has 4 aromatic carbocycles. The molecular weight excluding hydrogens is 522 g/mol. The molecule has 8 heteroatoms. The largest absolute Gasteiger partial charge is 0.349 e. The third-order valence-corrected chi connectivity index (χ3v) is 7.65. The lowest BCUT2D eigenvalue weighted by Crippen LogP contribution is -2.41. The van der Waals surface area contributed by atoms with Crippen molar-refractivity contribution in [2.75, 3.05) is 10.2 Å². The molecule has 1 aliphatic rings. The van der Waals surface area contributed by atoms with Crippen LogP contribution in [0.2, 0.25) is 0 Å². The monoisotopic (exact) mass is 543 g/mol. The SMILES string of the molecule is Cc1ccc(C)c(N2C(=O)c3cccc4c(Nc5ccc(Br)c(C)c5C)c([N+](=O)[O-])cc(c34)C2=O)c1. The van der Waals surface area contributed by atoms with E-state index >= 15 is 0 Å². The molecule has 1 aliphatic heterocycles. The van der Waals surface area contributed by atoms with Crippen LogP contribution in [0, 0.1) is 37.8 Å². The predicted octanol–water partition coefficient (Wildman–Crippen LogP) is 7.29. The van der Waals surface area contributed by atoms with E-state index in [0.29, 0.717) is 27.7 Å². The zero-order chi connectivity index (χ0) is 25.9. The maximum absolute atomic E-state index is 13.7. The first-order valence-corrected chi connectivity index (χ1v) is 12.1. The summed E-state index contributed by atoms with van der Waals surface area (Å²) in [5, 5.41) is 16.3. The van der Waals surface area contributed by atoms with Gasteiger partial charge in [-0.15, -0.1) is 0 Å². The maximum Gasteiger partial charge on any atom is 0.294 e. The maximum atomic E-state index is 13.7. The fraction of sp³-hybridized carbons (Fsp3) is 0.143. The second kappa shape index (κ2) is 8.57. The van der Waals surface area contributed by atoms with E-state index in [1.807, 2.05) is 52.0 Å². The van der Waals surface area contributed by atoms with Gasteiger partial charge in [0, 0.05) is 32.6 Å². The van der Waals surface area contributed by atoms with Crippen molar-refractivity contribution in [2.24, 2.45) is 0 Å². The van der Waals surface area contributed by atoms with Gasteiger partial charge in [-0.25, -0.2) is 4.90 Å². The van der Waals surface area contributed by atoms with Crippen molar-refractivity contribution in [3.63, 3.8) is 0 Å². The molecule has 0 atom stereocenters. The summed E-state index contributed by atoms with van der Waals surface area (Å²) in [7, 11) is 0. The average Bonchev–Trinajstić information content (AvgIpc) is 2.85. The summed E-state index contributed by atoms with van der Waals surface area (Å²) in [5.74, 6) is -1.04. The smallest absolute Gasteiger partial charge is 0.294 e. The summed E-state index contributed by atoms with van der Waals surface area (Å²) in [6, 6.07) is 15.6. The molecule has 1 N–H and O–H groups in total. The molecule has 0 bridgehead atoms. The highest BCUT2D eigenvalue weighted by atomic mass is 79.9. The number of hydrogen-bond donors (Lipinski definition) is 1. The average molecular weight is 544 g/mol. The van der Waals surface area contributed by atoms with Crippen LogP contribution in [0.15, 0.2) is 59.1 Å². The van der Waals surface area contributed by atoms with E-state index in [-0.39, 0.29) is 16.9 Å². The number of nitrogens with zero attached hydrogens (tertiary/aromatic N) is 2. The van der Waals surface area contributed by atoms with Gasteiger partial charge in [0.05, 0.1) is 16.2 Å². The van der Waals surface area contributed by atoms with E-state index in [1.165, 1.54) is 6.07 Å². The quantitative estimate of drug-likeness (QED) is 0.166. The fourth-order valence-corrected chi connectivity index (χ4v) is 5.09. The van der Waals surface area contributed by atoms with Crippen LogP contribution in [-0.2, 0) is 0 Å². The van der Waals surface area contributed by atoms with Crippen LogP contribution in [0.25, 0.3) is 10.8 Å². The number of anilines is 3. The third-order valence-electron chi connectivity index (χ3n) is 6.79. The van der Waals surface area contributed by atoms with Crippen molar-refractivity contribution in [3.8, 4) is 0 Å². The molecule has 180 valence electrons. The standard InChI is InChI=1S/C28H22BrN3O4/c1-14-8-9-15(2)23(12-14)31-27(33)19-7-5-6-18-25(19)20(28(31)34)13-24(32(35)36)26(18)30-22-11-10-21(29)16(3)17(22)4/h5-13,30H,1-4H3. The highest BCUT2D eigenvalue weighted by Crippen LogP contribution is 2.43. The van der Waals surface area contributed by atoms with Gasteiger partial charge in [0.15, 0.2) is 0 Å². The Labute approximate surface area is 216 Å². The van der Waals surface area contributed by atoms with E-state index in [2.05, 4.69) is 21.2 Å². The molecule has 0 unspecified atom stereocenters. The van der Waals surface area contributed by atoms with Gasteiger partial charge in [0.1, 0.15) is 5.69 Å². The lowest BCUT2D eigenvalue weighted by Gasteiger charge is -2.29. The van der Waals surface area contributed by atoms with Gasteiger partial charge in [-0.05, 0) is 74.2 Å². The second-order valence-electron chi connectivity index (χ2n) is 9.01. The van der Waals surface area contributed by atoms with Gasteiger partial charge >= 0.3 is 0 Å². The molecular formula is C28H22BrN3O4. The Balaban J connectivity index is 1.77. The molecule has 7 nitrogen and oxygen atoms in total. The van der Waals surface area contributed by atoms with Crippen molar-refractivity contribution in [1.29, 1.82) is 0 Å². The Kier molecular flexibility index (Phi) is 5.64. The van der Waals surface area contributed by atoms with Crippen LogP contribution in [0.1, 0.15) is 43.0 Å². The van der Waals surface area contributed by atoms with Gasteiger partial charge in [-0.1, -0.05) is 40.2 Å². The number of imide groups is 1. The Morgan fingerprint density at radius 3 is 2.33 bits per heavy atom. The summed E-state index contributed by atoms with van der Waals surface area (Å²) in [6.45, 7) is 7.58. The second-order valence-corrected chi connectivity index (χ2v) is 9.86. The minimum Gasteiger partial charge on any atom is -0.349 e. The van der Waals surface area contributed by atoms with Crippen molar-refractivity contribution >= 4 is 61.3 Å². The first kappa shape index (κ1) is 23.7. The predicted molar refractivity (Wildman–Crippen MR) is 145 cm³/mol. The summed E-state index contributed by atoms with van der Waals surface area (Å²) in [5.41, 5.74) is 5.20. The number of nitro benzene ring substituents is 1. The van der Waals surface area contributed by atoms with Gasteiger partial charge < -0.3 is 5.32 Å². The number of hydrogen-bond acceptors (Lipinski definition) is 5. The number of nitrogens with one attached hydrogen (secondary N) is 1. The fourth-order valence-electron chi connectivity index (χ4n) is 4.66. The van der Waals surface area contributed by atoms with Crippen molar-refractivity contribution in [1.82, 2.24) is 0 Å². The van der Waals surface area contributed by atoms with Crippen LogP contribution in [0.5, 0.6) is 0 Å². The zero-order valence-corrected chi connectivity index (χ0v) is 21.7. The van der Waals surface area contributed by atoms with Gasteiger partial charge in [-0.2, -0.15) is 0 Å². The molecule has 0 radical (unpaired) electrons. The normalized spacial score (nSPS) is 12.9. The van der Waals surface area contributed by atoms with Gasteiger partial charge in [-0.3, -0.25) is 19.7 Å². The summed E-state index contributed by atoms with van der Waals surface area (Å²) in [4.78, 5) is 40.2. The summed E-state index contributed by atoms with van der Waals surface area (Å²) < 4.78 is 0.930. The summed E-state index contributed by atoms with van der Waals surface area (Å²) >= 11 is 3.51. The third kappa shape index (κ3) is 3.56. The van der Waals surface area contributed by atoms with Gasteiger partial charge in [0.25, 0.3) is 17.5 Å². The molecule has 5 rings (SSSR count). The molecule has 2 amide bonds. The van der Waals surface area contributed by atoms with E-state index in [1.54, 1.807) is 24.3 Å². The molecule has 1 heterocycles. The van der Waals surface area contributed by atoms with E-state index in [9.17, 15) is 19.7 Å². The Morgan fingerprint density at radius 1 is 0.889 bits per heavy atom. The number of benzene rings is 4. The minimum atomic E-state index is -0.581. The number of rotatable bonds is 4. The Hall–Kier alpha value is -4.04. The van der Waals surface area contributed by atoms with Crippen LogP contribution in [0.4, 0.5) is 22.7 Å². The zero-order valence-electron chi connectivity index (χ0n) is 20.1. The molecule has 0 aromatic heterocycles. The highest BCUT2D eigenvalue weighted by molar-refractivity contribution is 9.10.